The van der Waals surface area contributed by atoms with E-state index in [4.69, 9.17) is 16.9 Å². The zero-order valence-electron chi connectivity index (χ0n) is 13.4. The van der Waals surface area contributed by atoms with E-state index in [0.29, 0.717) is 10.6 Å². The Morgan fingerprint density at radius 1 is 1.28 bits per heavy atom. The van der Waals surface area contributed by atoms with Crippen LogP contribution in [0.4, 0.5) is 18.9 Å². The summed E-state index contributed by atoms with van der Waals surface area (Å²) in [6, 6.07) is 7.67. The zero-order valence-corrected chi connectivity index (χ0v) is 15.1. The lowest BCUT2D eigenvalue weighted by molar-refractivity contribution is -0.156. The molecule has 0 fully saturated rings. The number of nitriles is 1. The predicted molar refractivity (Wildman–Crippen MR) is 95.6 cm³/mol. The summed E-state index contributed by atoms with van der Waals surface area (Å²) in [6.45, 7) is 0. The van der Waals surface area contributed by atoms with E-state index in [-0.39, 0.29) is 5.56 Å². The number of pyridine rings is 1. The molecule has 0 aliphatic heterocycles. The van der Waals surface area contributed by atoms with E-state index in [2.05, 4.69) is 23.1 Å². The Morgan fingerprint density at radius 2 is 1.88 bits per heavy atom. The van der Waals surface area contributed by atoms with Gasteiger partial charge in [-0.2, -0.15) is 18.4 Å². The molecule has 2 aromatic rings. The third-order valence-corrected chi connectivity index (χ3v) is 3.53. The lowest BCUT2D eigenvalue weighted by Crippen LogP contribution is -2.31. The van der Waals surface area contributed by atoms with Gasteiger partial charge in [-0.05, 0) is 30.8 Å². The van der Waals surface area contributed by atoms with E-state index in [1.54, 1.807) is 23.6 Å². The molecule has 9 heteroatoms. The molecule has 0 saturated carbocycles. The van der Waals surface area contributed by atoms with E-state index in [0.717, 1.165) is 5.69 Å². The molecular formula is C16H16ClF3N4S. The van der Waals surface area contributed by atoms with Crippen molar-refractivity contribution in [3.63, 3.8) is 0 Å². The minimum Gasteiger partial charge on any atom is -0.320 e. The number of thiol groups is 1. The standard InChI is InChI=1S/C9H9ClF3N.C7H7N3S/c1-14-8(9(11,12)13)6-2-4-7(10)5-3-6;1-10(11)7-2-6(3-8)4-9-5-7/h2-5,8,14H,1H3;2,4-5,11H,1H3/t8-;/m1./s1. The van der Waals surface area contributed by atoms with Crippen molar-refractivity contribution in [3.05, 3.63) is 58.9 Å². The first-order valence-electron chi connectivity index (χ1n) is 6.96. The van der Waals surface area contributed by atoms with Crippen molar-refractivity contribution in [1.82, 2.24) is 10.3 Å². The number of hydrogen-bond acceptors (Lipinski definition) is 5. The number of nitrogens with zero attached hydrogens (tertiary/aromatic N) is 3. The second-order valence-electron chi connectivity index (χ2n) is 4.88. The highest BCUT2D eigenvalue weighted by atomic mass is 35.5. The molecule has 0 spiro atoms. The average Bonchev–Trinajstić information content (AvgIpc) is 2.56. The van der Waals surface area contributed by atoms with Crippen molar-refractivity contribution in [1.29, 1.82) is 5.26 Å². The molecule has 1 heterocycles. The maximum atomic E-state index is 12.4. The molecule has 1 N–H and O–H groups in total. The highest BCUT2D eigenvalue weighted by Gasteiger charge is 2.39. The van der Waals surface area contributed by atoms with Crippen LogP contribution in [0.5, 0.6) is 0 Å². The van der Waals surface area contributed by atoms with E-state index in [1.807, 2.05) is 6.07 Å². The summed E-state index contributed by atoms with van der Waals surface area (Å²) in [6.07, 6.45) is -1.13. The lowest BCUT2D eigenvalue weighted by atomic mass is 10.1. The number of halogens is 4. The fraction of sp³-hybridized carbons (Fsp3) is 0.250. The SMILES string of the molecule is CN(S)c1cncc(C#N)c1.CN[C@H](c1ccc(Cl)cc1)C(F)(F)F. The summed E-state index contributed by atoms with van der Waals surface area (Å²) in [7, 11) is 3.05. The van der Waals surface area contributed by atoms with Gasteiger partial charge in [-0.1, -0.05) is 36.5 Å². The molecule has 0 radical (unpaired) electrons. The summed E-state index contributed by atoms with van der Waals surface area (Å²) < 4.78 is 38.8. The largest absolute Gasteiger partial charge is 0.407 e. The maximum absolute atomic E-state index is 12.4. The molecule has 0 amide bonds. The van der Waals surface area contributed by atoms with Crippen LogP contribution < -0.4 is 9.62 Å². The van der Waals surface area contributed by atoms with E-state index in [1.165, 1.54) is 37.5 Å². The second-order valence-corrected chi connectivity index (χ2v) is 5.92. The Balaban J connectivity index is 0.000000257. The Hall–Kier alpha value is -1.95. The summed E-state index contributed by atoms with van der Waals surface area (Å²) in [4.78, 5) is 3.86. The van der Waals surface area contributed by atoms with Gasteiger partial charge in [0.1, 0.15) is 12.1 Å². The summed E-state index contributed by atoms with van der Waals surface area (Å²) >= 11 is 9.63. The molecule has 4 nitrogen and oxygen atoms in total. The van der Waals surface area contributed by atoms with Crippen LogP contribution in [-0.2, 0) is 0 Å². The third-order valence-electron chi connectivity index (χ3n) is 3.05. The van der Waals surface area contributed by atoms with Crippen molar-refractivity contribution in [2.45, 2.75) is 12.2 Å². The van der Waals surface area contributed by atoms with Gasteiger partial charge >= 0.3 is 6.18 Å². The molecule has 2 rings (SSSR count). The highest BCUT2D eigenvalue weighted by molar-refractivity contribution is 7.81. The first-order valence-corrected chi connectivity index (χ1v) is 7.74. The Morgan fingerprint density at radius 3 is 2.32 bits per heavy atom. The minimum atomic E-state index is -4.29. The Labute approximate surface area is 154 Å². The number of anilines is 1. The molecule has 25 heavy (non-hydrogen) atoms. The fourth-order valence-corrected chi connectivity index (χ4v) is 2.08. The molecule has 0 saturated heterocycles. The van der Waals surface area contributed by atoms with Gasteiger partial charge in [-0.15, -0.1) is 0 Å². The molecule has 0 aliphatic carbocycles. The molecule has 1 atom stereocenters. The van der Waals surface area contributed by atoms with Crippen molar-refractivity contribution in [2.24, 2.45) is 0 Å². The van der Waals surface area contributed by atoms with E-state index in [9.17, 15) is 13.2 Å². The Kier molecular flexibility index (Phi) is 8.03. The van der Waals surface area contributed by atoms with Crippen molar-refractivity contribution < 1.29 is 13.2 Å². The van der Waals surface area contributed by atoms with Gasteiger partial charge in [-0.3, -0.25) is 4.98 Å². The summed E-state index contributed by atoms with van der Waals surface area (Å²) in [5, 5.41) is 11.1. The van der Waals surface area contributed by atoms with E-state index < -0.39 is 12.2 Å². The normalized spacial score (nSPS) is 11.8. The number of aromatic nitrogens is 1. The highest BCUT2D eigenvalue weighted by Crippen LogP contribution is 2.32. The lowest BCUT2D eigenvalue weighted by Gasteiger charge is -2.19. The van der Waals surface area contributed by atoms with Crippen LogP contribution in [0, 0.1) is 11.3 Å². The van der Waals surface area contributed by atoms with E-state index >= 15 is 0 Å². The predicted octanol–water partition coefficient (Wildman–Crippen LogP) is 4.40. The van der Waals surface area contributed by atoms with Gasteiger partial charge in [0.2, 0.25) is 0 Å². The molecule has 1 aromatic heterocycles. The zero-order chi connectivity index (χ0) is 19.0. The van der Waals surface area contributed by atoms with Gasteiger partial charge in [0.25, 0.3) is 0 Å². The number of rotatable bonds is 3. The maximum Gasteiger partial charge on any atom is 0.407 e. The monoisotopic (exact) mass is 388 g/mol. The summed E-state index contributed by atoms with van der Waals surface area (Å²) in [5.74, 6) is 0. The van der Waals surface area contributed by atoms with Crippen LogP contribution in [0.25, 0.3) is 0 Å². The molecule has 0 bridgehead atoms. The molecule has 0 aliphatic rings. The van der Waals surface area contributed by atoms with Gasteiger partial charge < -0.3 is 9.62 Å². The minimum absolute atomic E-state index is 0.157. The third kappa shape index (κ3) is 6.82. The smallest absolute Gasteiger partial charge is 0.320 e. The quantitative estimate of drug-likeness (QED) is 0.765. The molecule has 0 unspecified atom stereocenters. The van der Waals surface area contributed by atoms with Crippen LogP contribution in [0.3, 0.4) is 0 Å². The van der Waals surface area contributed by atoms with Crippen LogP contribution in [0.2, 0.25) is 5.02 Å². The van der Waals surface area contributed by atoms with Gasteiger partial charge in [0.15, 0.2) is 0 Å². The first-order chi connectivity index (χ1) is 11.7. The molecular weight excluding hydrogens is 373 g/mol. The number of alkyl halides is 3. The van der Waals surface area contributed by atoms with Crippen LogP contribution in [0.1, 0.15) is 17.2 Å². The Bertz CT molecular complexity index is 715. The summed E-state index contributed by atoms with van der Waals surface area (Å²) in [5.41, 5.74) is 1.51. The van der Waals surface area contributed by atoms with Crippen LogP contribution in [0.15, 0.2) is 42.7 Å². The van der Waals surface area contributed by atoms with Crippen LogP contribution in [-0.4, -0.2) is 25.3 Å². The van der Waals surface area contributed by atoms with Crippen LogP contribution >= 0.6 is 24.4 Å². The molecule has 134 valence electrons. The molecule has 1 aromatic carbocycles. The van der Waals surface area contributed by atoms with Gasteiger partial charge in [0.05, 0.1) is 17.4 Å². The van der Waals surface area contributed by atoms with Crippen molar-refractivity contribution in [2.75, 3.05) is 18.4 Å². The number of nitrogens with one attached hydrogen (secondary N) is 1. The second kappa shape index (κ2) is 9.51. The fourth-order valence-electron chi connectivity index (χ4n) is 1.84. The van der Waals surface area contributed by atoms with Gasteiger partial charge in [-0.25, -0.2) is 0 Å². The number of benzene rings is 1. The first kappa shape index (κ1) is 21.1. The topological polar surface area (TPSA) is 52.0 Å². The van der Waals surface area contributed by atoms with Gasteiger partial charge in [0, 0.05) is 18.3 Å². The van der Waals surface area contributed by atoms with Crippen molar-refractivity contribution >= 4 is 30.1 Å². The van der Waals surface area contributed by atoms with Crippen molar-refractivity contribution in [3.8, 4) is 6.07 Å². The number of hydrogen-bond donors (Lipinski definition) is 2. The average molecular weight is 389 g/mol.